The van der Waals surface area contributed by atoms with E-state index in [9.17, 15) is 0 Å². The Hall–Kier alpha value is -0.510. The molecule has 0 saturated heterocycles. The number of ether oxygens (including phenoxy) is 1. The zero-order chi connectivity index (χ0) is 11.1. The maximum Gasteiger partial charge on any atom is 0.0582 e. The Labute approximate surface area is 96.4 Å². The van der Waals surface area contributed by atoms with Gasteiger partial charge < -0.3 is 10.1 Å². The van der Waals surface area contributed by atoms with E-state index in [0.29, 0.717) is 5.25 Å². The van der Waals surface area contributed by atoms with Crippen molar-refractivity contribution in [2.75, 3.05) is 20.8 Å². The van der Waals surface area contributed by atoms with E-state index < -0.39 is 0 Å². The summed E-state index contributed by atoms with van der Waals surface area (Å²) < 4.78 is 5.12. The molecule has 0 aliphatic heterocycles. The van der Waals surface area contributed by atoms with E-state index in [4.69, 9.17) is 4.74 Å². The fourth-order valence-electron chi connectivity index (χ4n) is 1.43. The summed E-state index contributed by atoms with van der Waals surface area (Å²) >= 11 is 1.86. The highest BCUT2D eigenvalue weighted by atomic mass is 32.2. The molecule has 0 fully saturated rings. The molecule has 1 unspecified atom stereocenters. The summed E-state index contributed by atoms with van der Waals surface area (Å²) in [6.07, 6.45) is 0. The van der Waals surface area contributed by atoms with Gasteiger partial charge in [0.25, 0.3) is 0 Å². The lowest BCUT2D eigenvalue weighted by atomic mass is 10.2. The molecule has 0 aliphatic carbocycles. The van der Waals surface area contributed by atoms with Crippen molar-refractivity contribution in [2.24, 2.45) is 0 Å². The van der Waals surface area contributed by atoms with Crippen molar-refractivity contribution in [3.63, 3.8) is 0 Å². The first-order valence-corrected chi connectivity index (χ1v) is 6.03. The van der Waals surface area contributed by atoms with Crippen LogP contribution in [0.25, 0.3) is 0 Å². The number of hydrogen-bond donors (Lipinski definition) is 1. The molecule has 0 aliphatic rings. The number of benzene rings is 1. The van der Waals surface area contributed by atoms with Gasteiger partial charge in [0.2, 0.25) is 0 Å². The van der Waals surface area contributed by atoms with Crippen LogP contribution in [0.4, 0.5) is 0 Å². The third-order valence-electron chi connectivity index (χ3n) is 2.02. The van der Waals surface area contributed by atoms with E-state index in [2.05, 4.69) is 36.5 Å². The first kappa shape index (κ1) is 12.6. The van der Waals surface area contributed by atoms with Crippen molar-refractivity contribution in [3.8, 4) is 0 Å². The van der Waals surface area contributed by atoms with Crippen molar-refractivity contribution in [1.29, 1.82) is 0 Å². The number of rotatable bonds is 6. The Morgan fingerprint density at radius 1 is 1.47 bits per heavy atom. The number of hydrogen-bond acceptors (Lipinski definition) is 3. The van der Waals surface area contributed by atoms with E-state index in [1.54, 1.807) is 7.11 Å². The average Bonchev–Trinajstić information content (AvgIpc) is 2.19. The van der Waals surface area contributed by atoms with Crippen molar-refractivity contribution in [3.05, 3.63) is 29.8 Å². The molecule has 1 aromatic carbocycles. The predicted molar refractivity (Wildman–Crippen MR) is 66.4 cm³/mol. The second-order valence-electron chi connectivity index (χ2n) is 3.56. The summed E-state index contributed by atoms with van der Waals surface area (Å²) in [6.45, 7) is 3.90. The van der Waals surface area contributed by atoms with Crippen LogP contribution in [0.2, 0.25) is 0 Å². The maximum atomic E-state index is 5.12. The zero-order valence-electron chi connectivity index (χ0n) is 9.62. The summed E-state index contributed by atoms with van der Waals surface area (Å²) in [5.74, 6) is 0. The molecule has 1 rings (SSSR count). The molecule has 0 saturated carbocycles. The third kappa shape index (κ3) is 4.69. The van der Waals surface area contributed by atoms with Gasteiger partial charge in [-0.15, -0.1) is 11.8 Å². The topological polar surface area (TPSA) is 21.3 Å². The van der Waals surface area contributed by atoms with Crippen LogP contribution in [-0.4, -0.2) is 26.0 Å². The standard InChI is InChI=1S/C12H19NOS/c1-10(9-14-3)15-12-6-4-5-11(7-12)8-13-2/h4-7,10,13H,8-9H2,1-3H3. The minimum Gasteiger partial charge on any atom is -0.384 e. The molecule has 0 bridgehead atoms. The Balaban J connectivity index is 2.56. The van der Waals surface area contributed by atoms with E-state index >= 15 is 0 Å². The highest BCUT2D eigenvalue weighted by Gasteiger charge is 2.04. The molecule has 15 heavy (non-hydrogen) atoms. The highest BCUT2D eigenvalue weighted by molar-refractivity contribution is 8.00. The first-order valence-electron chi connectivity index (χ1n) is 5.15. The van der Waals surface area contributed by atoms with Gasteiger partial charge >= 0.3 is 0 Å². The van der Waals surface area contributed by atoms with Gasteiger partial charge in [-0.2, -0.15) is 0 Å². The second kappa shape index (κ2) is 6.88. The van der Waals surface area contributed by atoms with Gasteiger partial charge in [-0.25, -0.2) is 0 Å². The van der Waals surface area contributed by atoms with Gasteiger partial charge in [0.15, 0.2) is 0 Å². The smallest absolute Gasteiger partial charge is 0.0582 e. The molecular formula is C12H19NOS. The number of methoxy groups -OCH3 is 1. The van der Waals surface area contributed by atoms with Crippen LogP contribution in [0.3, 0.4) is 0 Å². The lowest BCUT2D eigenvalue weighted by Gasteiger charge is -2.10. The minimum absolute atomic E-state index is 0.500. The molecule has 3 heteroatoms. The highest BCUT2D eigenvalue weighted by Crippen LogP contribution is 2.24. The van der Waals surface area contributed by atoms with Crippen LogP contribution in [0, 0.1) is 0 Å². The van der Waals surface area contributed by atoms with Crippen molar-refractivity contribution < 1.29 is 4.74 Å². The van der Waals surface area contributed by atoms with Gasteiger partial charge in [-0.3, -0.25) is 0 Å². The van der Waals surface area contributed by atoms with Gasteiger partial charge in [0.1, 0.15) is 0 Å². The van der Waals surface area contributed by atoms with E-state index in [0.717, 1.165) is 13.2 Å². The maximum absolute atomic E-state index is 5.12. The molecule has 0 spiro atoms. The molecule has 0 amide bonds. The molecule has 1 N–H and O–H groups in total. The minimum atomic E-state index is 0.500. The van der Waals surface area contributed by atoms with Gasteiger partial charge in [0.05, 0.1) is 6.61 Å². The van der Waals surface area contributed by atoms with E-state index in [1.807, 2.05) is 18.8 Å². The SMILES string of the molecule is CNCc1cccc(SC(C)COC)c1. The summed E-state index contributed by atoms with van der Waals surface area (Å²) in [6, 6.07) is 8.62. The Morgan fingerprint density at radius 2 is 2.27 bits per heavy atom. The average molecular weight is 225 g/mol. The lowest BCUT2D eigenvalue weighted by molar-refractivity contribution is 0.203. The quantitative estimate of drug-likeness (QED) is 0.752. The summed E-state index contributed by atoms with van der Waals surface area (Å²) in [5, 5.41) is 3.66. The molecule has 2 nitrogen and oxygen atoms in total. The third-order valence-corrected chi connectivity index (χ3v) is 3.08. The molecule has 0 radical (unpaired) electrons. The molecular weight excluding hydrogens is 206 g/mol. The van der Waals surface area contributed by atoms with Crippen LogP contribution < -0.4 is 5.32 Å². The summed E-state index contributed by atoms with van der Waals surface area (Å²) in [4.78, 5) is 1.31. The van der Waals surface area contributed by atoms with Crippen molar-refractivity contribution in [2.45, 2.75) is 23.6 Å². The Kier molecular flexibility index (Phi) is 5.76. The fourth-order valence-corrected chi connectivity index (χ4v) is 2.48. The van der Waals surface area contributed by atoms with Crippen LogP contribution in [-0.2, 0) is 11.3 Å². The summed E-state index contributed by atoms with van der Waals surface area (Å²) in [5.41, 5.74) is 1.33. The van der Waals surface area contributed by atoms with Gasteiger partial charge in [-0.05, 0) is 24.7 Å². The van der Waals surface area contributed by atoms with E-state index in [-0.39, 0.29) is 0 Å². The summed E-state index contributed by atoms with van der Waals surface area (Å²) in [7, 11) is 3.71. The molecule has 0 heterocycles. The predicted octanol–water partition coefficient (Wildman–Crippen LogP) is 2.53. The largest absolute Gasteiger partial charge is 0.384 e. The Morgan fingerprint density at radius 3 is 2.93 bits per heavy atom. The molecule has 1 aromatic rings. The van der Waals surface area contributed by atoms with Crippen LogP contribution in [0.1, 0.15) is 12.5 Å². The molecule has 0 aromatic heterocycles. The lowest BCUT2D eigenvalue weighted by Crippen LogP contribution is -2.06. The Bertz CT molecular complexity index is 291. The van der Waals surface area contributed by atoms with E-state index in [1.165, 1.54) is 10.5 Å². The van der Waals surface area contributed by atoms with Gasteiger partial charge in [-0.1, -0.05) is 19.1 Å². The molecule has 84 valence electrons. The first-order chi connectivity index (χ1) is 7.26. The van der Waals surface area contributed by atoms with Gasteiger partial charge in [0, 0.05) is 23.8 Å². The number of thioether (sulfide) groups is 1. The zero-order valence-corrected chi connectivity index (χ0v) is 10.4. The fraction of sp³-hybridized carbons (Fsp3) is 0.500. The van der Waals surface area contributed by atoms with Crippen molar-refractivity contribution in [1.82, 2.24) is 5.32 Å². The second-order valence-corrected chi connectivity index (χ2v) is 5.07. The van der Waals surface area contributed by atoms with Crippen molar-refractivity contribution >= 4 is 11.8 Å². The van der Waals surface area contributed by atoms with Crippen LogP contribution in [0.15, 0.2) is 29.2 Å². The van der Waals surface area contributed by atoms with Crippen LogP contribution >= 0.6 is 11.8 Å². The number of nitrogens with one attached hydrogen (secondary N) is 1. The monoisotopic (exact) mass is 225 g/mol. The normalized spacial score (nSPS) is 12.7. The van der Waals surface area contributed by atoms with Crippen LogP contribution in [0.5, 0.6) is 0 Å². The molecule has 1 atom stereocenters.